The molecule has 206 valence electrons. The highest BCUT2D eigenvalue weighted by atomic mass is 32.2. The first-order chi connectivity index (χ1) is 18.5. The molecule has 3 aromatic rings. The van der Waals surface area contributed by atoms with Gasteiger partial charge >= 0.3 is 5.91 Å². The Labute approximate surface area is 231 Å². The highest BCUT2D eigenvalue weighted by Gasteiger charge is 2.40. The zero-order valence-corrected chi connectivity index (χ0v) is 23.9. The molecule has 5 rings (SSSR count). The van der Waals surface area contributed by atoms with Crippen LogP contribution < -0.4 is 0 Å². The third-order valence-electron chi connectivity index (χ3n) is 7.17. The van der Waals surface area contributed by atoms with E-state index in [1.807, 2.05) is 24.1 Å². The molecule has 0 aliphatic carbocycles. The number of carbonyl (C=O) groups excluding carboxylic acids is 2. The van der Waals surface area contributed by atoms with Gasteiger partial charge in [-0.1, -0.05) is 12.0 Å². The maximum atomic E-state index is 13.7. The summed E-state index contributed by atoms with van der Waals surface area (Å²) in [5.74, 6) is 2.48. The van der Waals surface area contributed by atoms with Crippen molar-refractivity contribution in [1.29, 1.82) is 0 Å². The minimum Gasteiger partial charge on any atom is -0.436 e. The zero-order chi connectivity index (χ0) is 28.1. The van der Waals surface area contributed by atoms with Gasteiger partial charge in [0.25, 0.3) is 15.9 Å². The number of sulfonamides is 1. The predicted molar refractivity (Wildman–Crippen MR) is 146 cm³/mol. The number of fused-ring (bicyclic) bond motifs is 2. The Morgan fingerprint density at radius 2 is 1.92 bits per heavy atom. The standard InChI is InChI=1S/C26H30N6O5S2/c1-6-17-7-8-18-12-24(38-22(18)11-17)39(35,36)31-9-10-32(19(14-31)13-23(33)28(2)3)26(34)25-27-20-15-29(4)30(5)16-21(20)37-25/h1,7-8,11-12,19H,9-10,13-16H2,2-5H3. The zero-order valence-electron chi connectivity index (χ0n) is 22.2. The Balaban J connectivity index is 1.41. The van der Waals surface area contributed by atoms with Gasteiger partial charge in [-0.05, 0) is 23.6 Å². The topological polar surface area (TPSA) is 111 Å². The van der Waals surface area contributed by atoms with E-state index in [4.69, 9.17) is 10.8 Å². The van der Waals surface area contributed by atoms with Crippen LogP contribution in [0.5, 0.6) is 0 Å². The summed E-state index contributed by atoms with van der Waals surface area (Å²) >= 11 is 1.15. The summed E-state index contributed by atoms with van der Waals surface area (Å²) in [6.07, 6.45) is 5.46. The largest absolute Gasteiger partial charge is 0.436 e. The molecule has 13 heteroatoms. The van der Waals surface area contributed by atoms with Gasteiger partial charge in [0, 0.05) is 64.5 Å². The molecule has 39 heavy (non-hydrogen) atoms. The molecule has 2 aromatic heterocycles. The molecule has 1 saturated heterocycles. The molecule has 2 amide bonds. The highest BCUT2D eigenvalue weighted by molar-refractivity contribution is 7.91. The van der Waals surface area contributed by atoms with Crippen LogP contribution in [-0.4, -0.2) is 103 Å². The summed E-state index contributed by atoms with van der Waals surface area (Å²) in [7, 11) is 3.22. The molecule has 0 saturated carbocycles. The predicted octanol–water partition coefficient (Wildman–Crippen LogP) is 1.66. The Morgan fingerprint density at radius 3 is 2.64 bits per heavy atom. The second-order valence-corrected chi connectivity index (χ2v) is 13.2. The molecule has 2 aliphatic rings. The normalized spacial score (nSPS) is 19.2. The second kappa shape index (κ2) is 10.4. The second-order valence-electron chi connectivity index (χ2n) is 9.99. The van der Waals surface area contributed by atoms with E-state index in [1.165, 1.54) is 14.1 Å². The van der Waals surface area contributed by atoms with Crippen molar-refractivity contribution in [2.24, 2.45) is 0 Å². The lowest BCUT2D eigenvalue weighted by Crippen LogP contribution is -2.57. The van der Waals surface area contributed by atoms with Crippen molar-refractivity contribution in [1.82, 2.24) is 29.1 Å². The number of hydrazine groups is 1. The summed E-state index contributed by atoms with van der Waals surface area (Å²) < 4.78 is 35.5. The van der Waals surface area contributed by atoms with Crippen LogP contribution in [0.1, 0.15) is 34.1 Å². The molecular weight excluding hydrogens is 540 g/mol. The van der Waals surface area contributed by atoms with Crippen molar-refractivity contribution in [2.45, 2.75) is 29.8 Å². The summed E-state index contributed by atoms with van der Waals surface area (Å²) in [4.78, 5) is 33.7. The Hall–Kier alpha value is -3.28. The number of benzene rings is 1. The number of aromatic nitrogens is 1. The first-order valence-electron chi connectivity index (χ1n) is 12.4. The Bertz CT molecular complexity index is 1560. The Morgan fingerprint density at radius 1 is 1.18 bits per heavy atom. The molecule has 0 bridgehead atoms. The number of piperazine rings is 1. The van der Waals surface area contributed by atoms with E-state index in [1.54, 1.807) is 38.4 Å². The average molecular weight is 571 g/mol. The van der Waals surface area contributed by atoms with Crippen LogP contribution in [0.25, 0.3) is 10.1 Å². The van der Waals surface area contributed by atoms with Gasteiger partial charge in [-0.15, -0.1) is 17.8 Å². The van der Waals surface area contributed by atoms with Crippen molar-refractivity contribution in [3.05, 3.63) is 47.2 Å². The minimum atomic E-state index is -3.87. The number of nitrogens with zero attached hydrogens (tertiary/aromatic N) is 6. The van der Waals surface area contributed by atoms with Gasteiger partial charge in [-0.25, -0.2) is 23.4 Å². The highest BCUT2D eigenvalue weighted by Crippen LogP contribution is 2.33. The summed E-state index contributed by atoms with van der Waals surface area (Å²) in [5.41, 5.74) is 1.37. The summed E-state index contributed by atoms with van der Waals surface area (Å²) in [6.45, 7) is 1.15. The number of amides is 2. The summed E-state index contributed by atoms with van der Waals surface area (Å²) in [5, 5.41) is 4.73. The van der Waals surface area contributed by atoms with E-state index < -0.39 is 22.0 Å². The third kappa shape index (κ3) is 5.18. The fourth-order valence-electron chi connectivity index (χ4n) is 4.73. The van der Waals surface area contributed by atoms with Crippen LogP contribution in [0.3, 0.4) is 0 Å². The molecule has 11 nitrogen and oxygen atoms in total. The van der Waals surface area contributed by atoms with Crippen molar-refractivity contribution >= 4 is 43.3 Å². The van der Waals surface area contributed by atoms with Crippen LogP contribution in [0.4, 0.5) is 0 Å². The van der Waals surface area contributed by atoms with E-state index in [-0.39, 0.29) is 42.1 Å². The SMILES string of the molecule is C#Cc1ccc2cc(S(=O)(=O)N3CCN(C(=O)c4nc5c(o4)CN(C)N(C)C5)C(CC(=O)N(C)C)C3)sc2c1. The van der Waals surface area contributed by atoms with Crippen molar-refractivity contribution in [3.8, 4) is 12.3 Å². The van der Waals surface area contributed by atoms with E-state index in [9.17, 15) is 18.0 Å². The van der Waals surface area contributed by atoms with Crippen molar-refractivity contribution in [3.63, 3.8) is 0 Å². The summed E-state index contributed by atoms with van der Waals surface area (Å²) in [6, 6.07) is 6.32. The maximum Gasteiger partial charge on any atom is 0.310 e. The molecule has 1 aromatic carbocycles. The van der Waals surface area contributed by atoms with E-state index in [0.717, 1.165) is 21.4 Å². The Kier molecular flexibility index (Phi) is 7.25. The third-order valence-corrected chi connectivity index (χ3v) is 10.6. The van der Waals surface area contributed by atoms with Crippen LogP contribution in [-0.2, 0) is 27.9 Å². The number of oxazole rings is 1. The first-order valence-corrected chi connectivity index (χ1v) is 14.7. The number of carbonyl (C=O) groups is 2. The van der Waals surface area contributed by atoms with Crippen LogP contribution in [0, 0.1) is 12.3 Å². The van der Waals surface area contributed by atoms with Crippen molar-refractivity contribution in [2.75, 3.05) is 47.8 Å². The average Bonchev–Trinajstić information content (AvgIpc) is 3.52. The number of hydrogen-bond donors (Lipinski definition) is 0. The molecule has 2 aliphatic heterocycles. The quantitative estimate of drug-likeness (QED) is 0.426. The monoisotopic (exact) mass is 570 g/mol. The van der Waals surface area contributed by atoms with Gasteiger partial charge in [0.05, 0.1) is 24.8 Å². The molecular formula is C26H30N6O5S2. The van der Waals surface area contributed by atoms with Crippen molar-refractivity contribution < 1.29 is 22.4 Å². The van der Waals surface area contributed by atoms with Gasteiger partial charge in [0.1, 0.15) is 9.97 Å². The first kappa shape index (κ1) is 27.3. The van der Waals surface area contributed by atoms with Crippen LogP contribution in [0.2, 0.25) is 0 Å². The van der Waals surface area contributed by atoms with Crippen LogP contribution in [0.15, 0.2) is 32.9 Å². The number of rotatable bonds is 5. The van der Waals surface area contributed by atoms with E-state index in [2.05, 4.69) is 10.9 Å². The van der Waals surface area contributed by atoms with Gasteiger partial charge in [0.2, 0.25) is 5.91 Å². The molecule has 1 atom stereocenters. The minimum absolute atomic E-state index is 0.0244. The maximum absolute atomic E-state index is 13.7. The lowest BCUT2D eigenvalue weighted by Gasteiger charge is -2.40. The van der Waals surface area contributed by atoms with E-state index in [0.29, 0.717) is 30.1 Å². The molecule has 0 radical (unpaired) electrons. The van der Waals surface area contributed by atoms with Gasteiger partial charge in [-0.3, -0.25) is 9.59 Å². The molecule has 4 heterocycles. The van der Waals surface area contributed by atoms with Gasteiger partial charge in [0.15, 0.2) is 0 Å². The number of terminal acetylenes is 1. The molecule has 0 N–H and O–H groups in total. The molecule has 1 fully saturated rings. The van der Waals surface area contributed by atoms with E-state index >= 15 is 0 Å². The number of thiophene rings is 1. The van der Waals surface area contributed by atoms with Gasteiger partial charge < -0.3 is 14.2 Å². The molecule has 0 spiro atoms. The lowest BCUT2D eigenvalue weighted by atomic mass is 10.1. The number of hydrogen-bond acceptors (Lipinski definition) is 9. The van der Waals surface area contributed by atoms with Gasteiger partial charge in [-0.2, -0.15) is 4.31 Å². The fourth-order valence-corrected chi connectivity index (χ4v) is 7.79. The smallest absolute Gasteiger partial charge is 0.310 e. The fraction of sp³-hybridized carbons (Fsp3) is 0.423. The molecule has 1 unspecified atom stereocenters. The lowest BCUT2D eigenvalue weighted by molar-refractivity contribution is -0.130. The van der Waals surface area contributed by atoms with Crippen LogP contribution >= 0.6 is 11.3 Å².